The van der Waals surface area contributed by atoms with Crippen LogP contribution in [0.1, 0.15) is 44.2 Å². The molecular weight excluding hydrogens is 350 g/mol. The Morgan fingerprint density at radius 1 is 1.45 bits per heavy atom. The standard InChI is InChI=1S/C12H18BrNO5S/c1-4-8(5-2)7(3)14-20(17,18)10-6-9(12(15)16)19-11(10)13/h6-8,14H,4-5H2,1-3H3,(H,15,16). The third kappa shape index (κ3) is 3.83. The van der Waals surface area contributed by atoms with Crippen molar-refractivity contribution in [3.8, 4) is 0 Å². The number of halogens is 1. The zero-order chi connectivity index (χ0) is 15.5. The van der Waals surface area contributed by atoms with E-state index in [4.69, 9.17) is 9.52 Å². The molecule has 1 aromatic heterocycles. The van der Waals surface area contributed by atoms with Gasteiger partial charge in [0.1, 0.15) is 4.90 Å². The Hall–Kier alpha value is -0.860. The minimum Gasteiger partial charge on any atom is -0.475 e. The van der Waals surface area contributed by atoms with Crippen molar-refractivity contribution in [3.63, 3.8) is 0 Å². The third-order valence-corrected chi connectivity index (χ3v) is 5.67. The van der Waals surface area contributed by atoms with Crippen LogP contribution in [-0.4, -0.2) is 25.5 Å². The molecule has 1 rings (SSSR count). The number of hydrogen-bond acceptors (Lipinski definition) is 4. The van der Waals surface area contributed by atoms with Gasteiger partial charge >= 0.3 is 5.97 Å². The minimum atomic E-state index is -3.82. The third-order valence-electron chi connectivity index (χ3n) is 3.25. The highest BCUT2D eigenvalue weighted by molar-refractivity contribution is 9.10. The summed E-state index contributed by atoms with van der Waals surface area (Å²) in [5, 5.41) is 8.80. The fourth-order valence-electron chi connectivity index (χ4n) is 2.04. The zero-order valence-electron chi connectivity index (χ0n) is 11.5. The predicted molar refractivity (Wildman–Crippen MR) is 77.2 cm³/mol. The van der Waals surface area contributed by atoms with Gasteiger partial charge in [0.25, 0.3) is 0 Å². The second kappa shape index (κ2) is 6.73. The van der Waals surface area contributed by atoms with E-state index < -0.39 is 21.8 Å². The van der Waals surface area contributed by atoms with Gasteiger partial charge in [-0.2, -0.15) is 0 Å². The maximum absolute atomic E-state index is 12.2. The number of hydrogen-bond donors (Lipinski definition) is 2. The lowest BCUT2D eigenvalue weighted by atomic mass is 9.96. The van der Waals surface area contributed by atoms with Crippen LogP contribution in [0.25, 0.3) is 0 Å². The van der Waals surface area contributed by atoms with Crippen molar-refractivity contribution in [1.29, 1.82) is 0 Å². The molecular formula is C12H18BrNO5S. The first-order chi connectivity index (χ1) is 9.22. The lowest BCUT2D eigenvalue weighted by molar-refractivity contribution is 0.0661. The fraction of sp³-hybridized carbons (Fsp3) is 0.583. The van der Waals surface area contributed by atoms with E-state index in [9.17, 15) is 13.2 Å². The highest BCUT2D eigenvalue weighted by Gasteiger charge is 2.27. The van der Waals surface area contributed by atoms with E-state index in [1.807, 2.05) is 13.8 Å². The van der Waals surface area contributed by atoms with Crippen LogP contribution < -0.4 is 4.72 Å². The summed E-state index contributed by atoms with van der Waals surface area (Å²) >= 11 is 2.93. The molecule has 0 spiro atoms. The molecule has 0 aliphatic carbocycles. The summed E-state index contributed by atoms with van der Waals surface area (Å²) in [6.45, 7) is 5.78. The summed E-state index contributed by atoms with van der Waals surface area (Å²) in [7, 11) is -3.82. The van der Waals surface area contributed by atoms with Gasteiger partial charge in [0.15, 0.2) is 4.67 Å². The molecule has 1 atom stereocenters. The van der Waals surface area contributed by atoms with E-state index >= 15 is 0 Å². The fourth-order valence-corrected chi connectivity index (χ4v) is 4.29. The van der Waals surface area contributed by atoms with Crippen molar-refractivity contribution in [2.75, 3.05) is 0 Å². The van der Waals surface area contributed by atoms with E-state index in [1.165, 1.54) is 0 Å². The van der Waals surface area contributed by atoms with E-state index in [0.29, 0.717) is 0 Å². The summed E-state index contributed by atoms with van der Waals surface area (Å²) in [4.78, 5) is 10.6. The second-order valence-electron chi connectivity index (χ2n) is 4.54. The molecule has 0 aliphatic heterocycles. The number of aromatic carboxylic acids is 1. The summed E-state index contributed by atoms with van der Waals surface area (Å²) in [5.74, 6) is -1.53. The number of carboxylic acids is 1. The summed E-state index contributed by atoms with van der Waals surface area (Å²) in [5.41, 5.74) is 0. The van der Waals surface area contributed by atoms with Gasteiger partial charge in [-0.05, 0) is 28.8 Å². The van der Waals surface area contributed by atoms with Crippen molar-refractivity contribution >= 4 is 31.9 Å². The highest BCUT2D eigenvalue weighted by atomic mass is 79.9. The molecule has 0 saturated heterocycles. The Balaban J connectivity index is 3.02. The first kappa shape index (κ1) is 17.2. The van der Waals surface area contributed by atoms with E-state index in [2.05, 4.69) is 20.7 Å². The molecule has 8 heteroatoms. The van der Waals surface area contributed by atoms with Gasteiger partial charge in [-0.1, -0.05) is 26.7 Å². The summed E-state index contributed by atoms with van der Waals surface area (Å²) in [6, 6.07) is 0.749. The Labute approximate surface area is 126 Å². The zero-order valence-corrected chi connectivity index (χ0v) is 13.9. The van der Waals surface area contributed by atoms with Gasteiger partial charge < -0.3 is 9.52 Å². The smallest absolute Gasteiger partial charge is 0.371 e. The molecule has 1 aromatic rings. The van der Waals surface area contributed by atoms with Gasteiger partial charge in [0.05, 0.1) is 0 Å². The Morgan fingerprint density at radius 3 is 2.40 bits per heavy atom. The van der Waals surface area contributed by atoms with Crippen molar-refractivity contribution < 1.29 is 22.7 Å². The predicted octanol–water partition coefficient (Wildman–Crippen LogP) is 2.84. The van der Waals surface area contributed by atoms with E-state index in [-0.39, 0.29) is 21.5 Å². The molecule has 6 nitrogen and oxygen atoms in total. The molecule has 0 saturated carbocycles. The number of sulfonamides is 1. The molecule has 20 heavy (non-hydrogen) atoms. The largest absolute Gasteiger partial charge is 0.475 e. The highest BCUT2D eigenvalue weighted by Crippen LogP contribution is 2.27. The molecule has 0 aliphatic rings. The van der Waals surface area contributed by atoms with Crippen LogP contribution in [0.5, 0.6) is 0 Å². The topological polar surface area (TPSA) is 96.6 Å². The van der Waals surface area contributed by atoms with Gasteiger partial charge in [-0.15, -0.1) is 0 Å². The molecule has 114 valence electrons. The number of nitrogens with one attached hydrogen (secondary N) is 1. The lowest BCUT2D eigenvalue weighted by Crippen LogP contribution is -2.37. The molecule has 1 unspecified atom stereocenters. The quantitative estimate of drug-likeness (QED) is 0.772. The number of furan rings is 1. The molecule has 0 amide bonds. The summed E-state index contributed by atoms with van der Waals surface area (Å²) in [6.07, 6.45) is 1.71. The molecule has 1 heterocycles. The molecule has 2 N–H and O–H groups in total. The number of rotatable bonds is 7. The van der Waals surface area contributed by atoms with Crippen molar-refractivity contribution in [1.82, 2.24) is 4.72 Å². The van der Waals surface area contributed by atoms with Gasteiger partial charge in [-0.3, -0.25) is 0 Å². The monoisotopic (exact) mass is 367 g/mol. The normalized spacial score (nSPS) is 13.7. The first-order valence-electron chi connectivity index (χ1n) is 6.27. The average molecular weight is 368 g/mol. The Morgan fingerprint density at radius 2 is 2.00 bits per heavy atom. The van der Waals surface area contributed by atoms with Crippen molar-refractivity contribution in [3.05, 3.63) is 16.5 Å². The Bertz CT molecular complexity index is 577. The molecule has 0 radical (unpaired) electrons. The first-order valence-corrected chi connectivity index (χ1v) is 8.55. The Kier molecular flexibility index (Phi) is 5.79. The van der Waals surface area contributed by atoms with Crippen molar-refractivity contribution in [2.24, 2.45) is 5.92 Å². The second-order valence-corrected chi connectivity index (χ2v) is 6.94. The van der Waals surface area contributed by atoms with E-state index in [1.54, 1.807) is 6.92 Å². The van der Waals surface area contributed by atoms with Crippen LogP contribution in [0.2, 0.25) is 0 Å². The van der Waals surface area contributed by atoms with Gasteiger partial charge in [0.2, 0.25) is 15.8 Å². The van der Waals surface area contributed by atoms with Gasteiger partial charge in [-0.25, -0.2) is 17.9 Å². The van der Waals surface area contributed by atoms with Gasteiger partial charge in [0, 0.05) is 12.1 Å². The van der Waals surface area contributed by atoms with E-state index in [0.717, 1.165) is 18.9 Å². The molecule has 0 fully saturated rings. The molecule has 0 bridgehead atoms. The summed E-state index contributed by atoms with van der Waals surface area (Å²) < 4.78 is 31.8. The van der Waals surface area contributed by atoms with Crippen LogP contribution in [0.4, 0.5) is 0 Å². The SMILES string of the molecule is CCC(CC)C(C)NS(=O)(=O)c1cc(C(=O)O)oc1Br. The van der Waals surface area contributed by atoms with Crippen LogP contribution in [0.15, 0.2) is 20.0 Å². The minimum absolute atomic E-state index is 0.112. The maximum atomic E-state index is 12.2. The molecule has 0 aromatic carbocycles. The number of carboxylic acid groups (broad SMARTS) is 1. The average Bonchev–Trinajstić information content (AvgIpc) is 2.73. The number of carbonyl (C=O) groups is 1. The van der Waals surface area contributed by atoms with Crippen LogP contribution in [0.3, 0.4) is 0 Å². The maximum Gasteiger partial charge on any atom is 0.371 e. The van der Waals surface area contributed by atoms with Crippen molar-refractivity contribution in [2.45, 2.75) is 44.6 Å². The van der Waals surface area contributed by atoms with Crippen LogP contribution in [-0.2, 0) is 10.0 Å². The van der Waals surface area contributed by atoms with Crippen LogP contribution >= 0.6 is 15.9 Å². The lowest BCUT2D eigenvalue weighted by Gasteiger charge is -2.21. The van der Waals surface area contributed by atoms with Crippen LogP contribution in [0, 0.1) is 5.92 Å².